The van der Waals surface area contributed by atoms with Crippen LogP contribution in [0.5, 0.6) is 0 Å². The monoisotopic (exact) mass is 859 g/mol. The van der Waals surface area contributed by atoms with E-state index in [0.29, 0.717) is 25.8 Å². The van der Waals surface area contributed by atoms with E-state index in [9.17, 15) is 28.8 Å². The van der Waals surface area contributed by atoms with Crippen LogP contribution in [-0.4, -0.2) is 148 Å². The van der Waals surface area contributed by atoms with Gasteiger partial charge in [0.15, 0.2) is 0 Å². The van der Waals surface area contributed by atoms with Gasteiger partial charge in [0, 0.05) is 41.3 Å². The Hall–Kier alpha value is -4.08. The van der Waals surface area contributed by atoms with E-state index in [0.717, 1.165) is 5.56 Å². The van der Waals surface area contributed by atoms with E-state index in [2.05, 4.69) is 16.0 Å². The first-order valence-electron chi connectivity index (χ1n) is 22.0. The molecule has 1 aliphatic rings. The van der Waals surface area contributed by atoms with E-state index < -0.39 is 72.2 Å². The number of nitrogens with one attached hydrogen (secondary N) is 3. The van der Waals surface area contributed by atoms with Crippen molar-refractivity contribution in [2.24, 2.45) is 29.6 Å². The Kier molecular flexibility index (Phi) is 21.9. The van der Waals surface area contributed by atoms with Crippen molar-refractivity contribution in [3.8, 4) is 0 Å². The van der Waals surface area contributed by atoms with Crippen molar-refractivity contribution in [2.45, 2.75) is 143 Å². The van der Waals surface area contributed by atoms with Crippen LogP contribution in [0.15, 0.2) is 30.3 Å². The molecule has 1 fully saturated rings. The number of nitrogens with zero attached hydrogens (tertiary/aromatic N) is 3. The molecule has 1 heterocycles. The van der Waals surface area contributed by atoms with Crippen molar-refractivity contribution in [1.82, 2.24) is 30.7 Å². The van der Waals surface area contributed by atoms with Crippen LogP contribution >= 0.6 is 0 Å². The fourth-order valence-electron chi connectivity index (χ4n) is 8.79. The minimum Gasteiger partial charge on any atom is -0.467 e. The number of carbonyl (C=O) groups is 6. The second-order valence-electron chi connectivity index (χ2n) is 17.7. The van der Waals surface area contributed by atoms with Crippen molar-refractivity contribution in [3.05, 3.63) is 35.9 Å². The number of ether oxygens (including phenoxy) is 3. The number of benzene rings is 1. The molecule has 0 radical (unpaired) electrons. The van der Waals surface area contributed by atoms with Crippen molar-refractivity contribution in [1.29, 1.82) is 0 Å². The summed E-state index contributed by atoms with van der Waals surface area (Å²) in [5.41, 5.74) is 0.864. The van der Waals surface area contributed by atoms with Gasteiger partial charge in [-0.05, 0) is 49.1 Å². The third-order valence-corrected chi connectivity index (χ3v) is 12.5. The molecule has 5 amide bonds. The summed E-state index contributed by atoms with van der Waals surface area (Å²) in [7, 11) is 9.36. The van der Waals surface area contributed by atoms with Gasteiger partial charge in [0.2, 0.25) is 29.5 Å². The highest BCUT2D eigenvalue weighted by Gasteiger charge is 2.44. The van der Waals surface area contributed by atoms with Gasteiger partial charge in [-0.25, -0.2) is 4.79 Å². The van der Waals surface area contributed by atoms with Gasteiger partial charge < -0.3 is 44.9 Å². The summed E-state index contributed by atoms with van der Waals surface area (Å²) in [6, 6.07) is 5.25. The van der Waals surface area contributed by atoms with Gasteiger partial charge in [0.1, 0.15) is 18.1 Å². The van der Waals surface area contributed by atoms with Crippen LogP contribution in [0.4, 0.5) is 0 Å². The molecule has 1 aliphatic heterocycles. The van der Waals surface area contributed by atoms with Crippen LogP contribution in [0.2, 0.25) is 0 Å². The molecule has 2 rings (SSSR count). The molecule has 0 aromatic heterocycles. The maximum atomic E-state index is 14.5. The maximum Gasteiger partial charge on any atom is 0.328 e. The van der Waals surface area contributed by atoms with Gasteiger partial charge in [0.05, 0.1) is 49.8 Å². The number of likely N-dealkylation sites (tertiary alicyclic amines) is 1. The summed E-state index contributed by atoms with van der Waals surface area (Å²) in [5, 5.41) is 8.92. The SMILES string of the molecule is CC[C@H](C)[C@@H]([C@@H](CC(=O)N1CCC[C@H]1[C@H](OC)[C@@H](C)C(=O)N[C@@H](Cc1ccccc1)C(=O)OC)OC)N(C)C(=O)[C@@H](NC(=O)[C@H](C(C)C)N(C)C(=O)[C@@H](NC)C(C)C)C(C)C. The van der Waals surface area contributed by atoms with E-state index in [1.807, 2.05) is 85.7 Å². The fraction of sp³-hybridized carbons (Fsp3) is 0.739. The fourth-order valence-corrected chi connectivity index (χ4v) is 8.79. The highest BCUT2D eigenvalue weighted by Crippen LogP contribution is 2.30. The standard InChI is InChI=1S/C46H78N6O9/c1-16-30(8)40(51(12)45(57)38(28(4)5)49-43(55)39(29(6)7)50(11)44(56)37(47-10)27(2)3)35(59-13)26-36(53)52-24-20-23-34(52)41(60-14)31(9)42(54)48-33(46(58)61-15)25-32-21-18-17-19-22-32/h17-19,21-22,27-31,33-35,37-41,47H,16,20,23-26H2,1-15H3,(H,48,54)(H,49,55)/t30-,31+,33-,34-,35+,37-,38-,39-,40-,41+/m0/s1. The van der Waals surface area contributed by atoms with Crippen LogP contribution in [0.3, 0.4) is 0 Å². The molecule has 1 aromatic rings. The van der Waals surface area contributed by atoms with Crippen molar-refractivity contribution in [2.75, 3.05) is 49.0 Å². The normalized spacial score (nSPS) is 18.7. The van der Waals surface area contributed by atoms with Crippen LogP contribution in [-0.2, 0) is 49.4 Å². The molecule has 0 saturated carbocycles. The van der Waals surface area contributed by atoms with Gasteiger partial charge in [0.25, 0.3) is 0 Å². The number of likely N-dealkylation sites (N-methyl/N-ethyl adjacent to an activating group) is 3. The first-order valence-corrected chi connectivity index (χ1v) is 22.0. The third kappa shape index (κ3) is 14.0. The molecular formula is C46H78N6O9. The van der Waals surface area contributed by atoms with Crippen LogP contribution < -0.4 is 16.0 Å². The van der Waals surface area contributed by atoms with E-state index >= 15 is 0 Å². The zero-order valence-corrected chi connectivity index (χ0v) is 39.7. The lowest BCUT2D eigenvalue weighted by Gasteiger charge is -2.41. The van der Waals surface area contributed by atoms with Crippen molar-refractivity contribution < 1.29 is 43.0 Å². The number of rotatable bonds is 24. The van der Waals surface area contributed by atoms with E-state index in [1.54, 1.807) is 37.9 Å². The Balaban J connectivity index is 2.33. The predicted octanol–water partition coefficient (Wildman–Crippen LogP) is 3.68. The highest BCUT2D eigenvalue weighted by atomic mass is 16.5. The number of esters is 1. The molecule has 0 bridgehead atoms. The molecule has 346 valence electrons. The molecular weight excluding hydrogens is 781 g/mol. The molecule has 10 atom stereocenters. The zero-order valence-electron chi connectivity index (χ0n) is 39.7. The van der Waals surface area contributed by atoms with Crippen LogP contribution in [0.25, 0.3) is 0 Å². The topological polar surface area (TPSA) is 176 Å². The predicted molar refractivity (Wildman–Crippen MR) is 236 cm³/mol. The van der Waals surface area contributed by atoms with E-state index in [1.165, 1.54) is 26.2 Å². The summed E-state index contributed by atoms with van der Waals surface area (Å²) in [6.07, 6.45) is 0.826. The molecule has 0 spiro atoms. The molecule has 1 saturated heterocycles. The van der Waals surface area contributed by atoms with Crippen LogP contribution in [0, 0.1) is 29.6 Å². The summed E-state index contributed by atoms with van der Waals surface area (Å²) in [6.45, 7) is 17.6. The van der Waals surface area contributed by atoms with Crippen molar-refractivity contribution in [3.63, 3.8) is 0 Å². The van der Waals surface area contributed by atoms with Gasteiger partial charge in [-0.15, -0.1) is 0 Å². The van der Waals surface area contributed by atoms with Gasteiger partial charge in [-0.2, -0.15) is 0 Å². The highest BCUT2D eigenvalue weighted by molar-refractivity contribution is 5.93. The number of carbonyl (C=O) groups excluding carboxylic acids is 6. The summed E-state index contributed by atoms with van der Waals surface area (Å²) >= 11 is 0. The average Bonchev–Trinajstić information content (AvgIpc) is 3.71. The van der Waals surface area contributed by atoms with Gasteiger partial charge in [-0.3, -0.25) is 24.0 Å². The van der Waals surface area contributed by atoms with E-state index in [-0.39, 0.29) is 54.2 Å². The molecule has 15 nitrogen and oxygen atoms in total. The summed E-state index contributed by atoms with van der Waals surface area (Å²) < 4.78 is 17.0. The Morgan fingerprint density at radius 2 is 1.38 bits per heavy atom. The number of methoxy groups -OCH3 is 3. The summed E-state index contributed by atoms with van der Waals surface area (Å²) in [5.74, 6) is -3.47. The Morgan fingerprint density at radius 3 is 1.87 bits per heavy atom. The lowest BCUT2D eigenvalue weighted by atomic mass is 9.89. The largest absolute Gasteiger partial charge is 0.467 e. The minimum absolute atomic E-state index is 0.00169. The van der Waals surface area contributed by atoms with Crippen molar-refractivity contribution >= 4 is 35.5 Å². The molecule has 61 heavy (non-hydrogen) atoms. The molecule has 1 aromatic carbocycles. The Morgan fingerprint density at radius 1 is 0.787 bits per heavy atom. The lowest BCUT2D eigenvalue weighted by molar-refractivity contribution is -0.149. The third-order valence-electron chi connectivity index (χ3n) is 12.5. The molecule has 3 N–H and O–H groups in total. The maximum absolute atomic E-state index is 14.5. The molecule has 0 unspecified atom stereocenters. The Bertz CT molecular complexity index is 1580. The zero-order chi connectivity index (χ0) is 46.3. The lowest BCUT2D eigenvalue weighted by Crippen LogP contribution is -2.61. The average molecular weight is 859 g/mol. The van der Waals surface area contributed by atoms with Gasteiger partial charge in [-0.1, -0.05) is 99.1 Å². The number of hydrogen-bond donors (Lipinski definition) is 3. The Labute approximate surface area is 365 Å². The minimum atomic E-state index is -0.920. The second-order valence-corrected chi connectivity index (χ2v) is 17.7. The van der Waals surface area contributed by atoms with Gasteiger partial charge >= 0.3 is 5.97 Å². The first-order chi connectivity index (χ1) is 28.7. The first kappa shape index (κ1) is 53.1. The number of hydrogen-bond acceptors (Lipinski definition) is 10. The van der Waals surface area contributed by atoms with E-state index in [4.69, 9.17) is 14.2 Å². The number of amides is 5. The smallest absolute Gasteiger partial charge is 0.328 e. The molecule has 0 aliphatic carbocycles. The summed E-state index contributed by atoms with van der Waals surface area (Å²) in [4.78, 5) is 87.7. The second kappa shape index (κ2) is 25.1. The van der Waals surface area contributed by atoms with Crippen LogP contribution in [0.1, 0.15) is 93.6 Å². The molecule has 15 heteroatoms. The quantitative estimate of drug-likeness (QED) is 0.130.